The van der Waals surface area contributed by atoms with Crippen LogP contribution >= 0.6 is 35.6 Å². The van der Waals surface area contributed by atoms with Crippen molar-refractivity contribution in [3.05, 3.63) is 52.4 Å². The molecule has 1 aromatic carbocycles. The average molecular weight is 477 g/mol. The quantitative estimate of drug-likeness (QED) is 0.345. The van der Waals surface area contributed by atoms with E-state index in [4.69, 9.17) is 16.1 Å². The van der Waals surface area contributed by atoms with Crippen LogP contribution in [0.5, 0.6) is 0 Å². The van der Waals surface area contributed by atoms with Gasteiger partial charge in [0, 0.05) is 30.6 Å². The number of nitrogens with zero attached hydrogens (tertiary/aromatic N) is 2. The van der Waals surface area contributed by atoms with Crippen molar-refractivity contribution < 1.29 is 4.52 Å². The highest BCUT2D eigenvalue weighted by Gasteiger charge is 2.13. The molecule has 0 saturated heterocycles. The summed E-state index contributed by atoms with van der Waals surface area (Å²) in [5, 5.41) is 11.4. The topological polar surface area (TPSA) is 62.5 Å². The SMILES string of the molecule is CCC(CC)c1cc(CNC(=NC)NCc2ccc(Cl)cc2)on1.I. The van der Waals surface area contributed by atoms with Crippen molar-refractivity contribution >= 4 is 41.5 Å². The Morgan fingerprint density at radius 2 is 1.80 bits per heavy atom. The van der Waals surface area contributed by atoms with E-state index in [1.165, 1.54) is 0 Å². The summed E-state index contributed by atoms with van der Waals surface area (Å²) in [6.07, 6.45) is 2.14. The number of hydrogen-bond donors (Lipinski definition) is 2. The maximum absolute atomic E-state index is 5.89. The third kappa shape index (κ3) is 6.86. The molecular formula is C18H26ClIN4O. The van der Waals surface area contributed by atoms with Crippen LogP contribution in [0.4, 0.5) is 0 Å². The second kappa shape index (κ2) is 11.4. The molecular weight excluding hydrogens is 451 g/mol. The van der Waals surface area contributed by atoms with Crippen molar-refractivity contribution in [3.63, 3.8) is 0 Å². The van der Waals surface area contributed by atoms with Crippen molar-refractivity contribution in [1.29, 1.82) is 0 Å². The zero-order chi connectivity index (χ0) is 17.4. The second-order valence-corrected chi connectivity index (χ2v) is 6.07. The van der Waals surface area contributed by atoms with E-state index in [1.807, 2.05) is 30.3 Å². The van der Waals surface area contributed by atoms with Gasteiger partial charge < -0.3 is 15.2 Å². The van der Waals surface area contributed by atoms with Crippen molar-refractivity contribution in [2.45, 2.75) is 45.7 Å². The summed E-state index contributed by atoms with van der Waals surface area (Å²) < 4.78 is 5.41. The van der Waals surface area contributed by atoms with Gasteiger partial charge in [-0.1, -0.05) is 42.7 Å². The minimum absolute atomic E-state index is 0. The van der Waals surface area contributed by atoms with Gasteiger partial charge in [-0.3, -0.25) is 4.99 Å². The lowest BCUT2D eigenvalue weighted by Crippen LogP contribution is -2.36. The molecule has 2 N–H and O–H groups in total. The highest BCUT2D eigenvalue weighted by Crippen LogP contribution is 2.22. The third-order valence-corrected chi connectivity index (χ3v) is 4.26. The molecule has 138 valence electrons. The molecule has 0 bridgehead atoms. The Balaban J connectivity index is 0.00000312. The number of rotatable bonds is 7. The number of benzene rings is 1. The van der Waals surface area contributed by atoms with Gasteiger partial charge in [-0.15, -0.1) is 24.0 Å². The molecule has 0 atom stereocenters. The van der Waals surface area contributed by atoms with Gasteiger partial charge in [0.05, 0.1) is 12.2 Å². The molecule has 2 rings (SSSR count). The van der Waals surface area contributed by atoms with Crippen LogP contribution in [0.15, 0.2) is 39.8 Å². The third-order valence-electron chi connectivity index (χ3n) is 4.01. The number of aliphatic imine (C=N–C) groups is 1. The predicted octanol–water partition coefficient (Wildman–Crippen LogP) is 4.71. The lowest BCUT2D eigenvalue weighted by molar-refractivity contribution is 0.368. The summed E-state index contributed by atoms with van der Waals surface area (Å²) in [6.45, 7) is 5.56. The monoisotopic (exact) mass is 476 g/mol. The van der Waals surface area contributed by atoms with Crippen LogP contribution in [-0.4, -0.2) is 18.2 Å². The molecule has 0 aliphatic rings. The summed E-state index contributed by atoms with van der Waals surface area (Å²) >= 11 is 5.89. The molecule has 0 aliphatic carbocycles. The van der Waals surface area contributed by atoms with Gasteiger partial charge in [0.25, 0.3) is 0 Å². The number of guanidine groups is 1. The Morgan fingerprint density at radius 3 is 2.40 bits per heavy atom. The first-order chi connectivity index (χ1) is 11.7. The zero-order valence-electron chi connectivity index (χ0n) is 14.9. The van der Waals surface area contributed by atoms with Crippen LogP contribution in [0.3, 0.4) is 0 Å². The molecule has 7 heteroatoms. The normalized spacial score (nSPS) is 11.3. The molecule has 25 heavy (non-hydrogen) atoms. The van der Waals surface area contributed by atoms with Crippen LogP contribution in [0.25, 0.3) is 0 Å². The molecule has 0 amide bonds. The van der Waals surface area contributed by atoms with Gasteiger partial charge in [-0.25, -0.2) is 0 Å². The van der Waals surface area contributed by atoms with E-state index in [-0.39, 0.29) is 24.0 Å². The summed E-state index contributed by atoms with van der Waals surface area (Å²) in [6, 6.07) is 9.75. The van der Waals surface area contributed by atoms with E-state index >= 15 is 0 Å². The van der Waals surface area contributed by atoms with E-state index in [0.717, 1.165) is 34.9 Å². The van der Waals surface area contributed by atoms with E-state index < -0.39 is 0 Å². The van der Waals surface area contributed by atoms with E-state index in [0.29, 0.717) is 25.0 Å². The molecule has 0 radical (unpaired) electrons. The number of hydrogen-bond acceptors (Lipinski definition) is 3. The second-order valence-electron chi connectivity index (χ2n) is 5.64. The van der Waals surface area contributed by atoms with Crippen LogP contribution in [0.1, 0.15) is 49.6 Å². The van der Waals surface area contributed by atoms with Gasteiger partial charge in [-0.2, -0.15) is 0 Å². The maximum Gasteiger partial charge on any atom is 0.191 e. The smallest absolute Gasteiger partial charge is 0.191 e. The Kier molecular flexibility index (Phi) is 9.89. The lowest BCUT2D eigenvalue weighted by atomic mass is 9.99. The summed E-state index contributed by atoms with van der Waals surface area (Å²) in [5.74, 6) is 1.99. The molecule has 1 aromatic heterocycles. The summed E-state index contributed by atoms with van der Waals surface area (Å²) in [4.78, 5) is 4.22. The highest BCUT2D eigenvalue weighted by atomic mass is 127. The van der Waals surface area contributed by atoms with Gasteiger partial charge in [0.2, 0.25) is 0 Å². The molecule has 2 aromatic rings. The fourth-order valence-electron chi connectivity index (χ4n) is 2.49. The predicted molar refractivity (Wildman–Crippen MR) is 114 cm³/mol. The summed E-state index contributed by atoms with van der Waals surface area (Å²) in [5.41, 5.74) is 2.17. The van der Waals surface area contributed by atoms with Crippen LogP contribution in [-0.2, 0) is 13.1 Å². The molecule has 0 spiro atoms. The number of aromatic nitrogens is 1. The first kappa shape index (κ1) is 21.8. The van der Waals surface area contributed by atoms with Gasteiger partial charge in [0.15, 0.2) is 11.7 Å². The van der Waals surface area contributed by atoms with Crippen LogP contribution in [0, 0.1) is 0 Å². The van der Waals surface area contributed by atoms with Crippen molar-refractivity contribution in [1.82, 2.24) is 15.8 Å². The lowest BCUT2D eigenvalue weighted by Gasteiger charge is -2.10. The van der Waals surface area contributed by atoms with Crippen molar-refractivity contribution in [2.75, 3.05) is 7.05 Å². The fourth-order valence-corrected chi connectivity index (χ4v) is 2.62. The Hall–Kier alpha value is -1.28. The van der Waals surface area contributed by atoms with Crippen molar-refractivity contribution in [3.8, 4) is 0 Å². The molecule has 1 heterocycles. The fraction of sp³-hybridized carbons (Fsp3) is 0.444. The van der Waals surface area contributed by atoms with Gasteiger partial charge >= 0.3 is 0 Å². The average Bonchev–Trinajstić information content (AvgIpc) is 3.06. The minimum atomic E-state index is 0. The van der Waals surface area contributed by atoms with Crippen molar-refractivity contribution in [2.24, 2.45) is 4.99 Å². The van der Waals surface area contributed by atoms with Gasteiger partial charge in [0.1, 0.15) is 0 Å². The summed E-state index contributed by atoms with van der Waals surface area (Å²) in [7, 11) is 1.74. The van der Waals surface area contributed by atoms with Gasteiger partial charge in [-0.05, 0) is 30.5 Å². The molecule has 0 fully saturated rings. The number of halogens is 2. The molecule has 0 aliphatic heterocycles. The highest BCUT2D eigenvalue weighted by molar-refractivity contribution is 14.0. The van der Waals surface area contributed by atoms with E-state index in [2.05, 4.69) is 34.6 Å². The van der Waals surface area contributed by atoms with Crippen LogP contribution < -0.4 is 10.6 Å². The Morgan fingerprint density at radius 1 is 1.16 bits per heavy atom. The Bertz CT molecular complexity index is 653. The Labute approximate surface area is 171 Å². The zero-order valence-corrected chi connectivity index (χ0v) is 18.0. The minimum Gasteiger partial charge on any atom is -0.359 e. The first-order valence-electron chi connectivity index (χ1n) is 8.30. The first-order valence-corrected chi connectivity index (χ1v) is 8.68. The van der Waals surface area contributed by atoms with E-state index in [1.54, 1.807) is 7.05 Å². The molecule has 5 nitrogen and oxygen atoms in total. The van der Waals surface area contributed by atoms with E-state index in [9.17, 15) is 0 Å². The molecule has 0 saturated carbocycles. The standard InChI is InChI=1S/C18H25ClN4O.HI/c1-4-14(5-2)17-10-16(24-23-17)12-22-18(20-3)21-11-13-6-8-15(19)9-7-13;/h6-10,14H,4-5,11-12H2,1-3H3,(H2,20,21,22);1H. The molecule has 0 unspecified atom stereocenters. The number of nitrogens with one attached hydrogen (secondary N) is 2. The maximum atomic E-state index is 5.89. The van der Waals surface area contributed by atoms with Crippen LogP contribution in [0.2, 0.25) is 5.02 Å². The largest absolute Gasteiger partial charge is 0.359 e.